The molecule has 1 aliphatic rings. The van der Waals surface area contributed by atoms with Crippen molar-refractivity contribution in [2.45, 2.75) is 19.0 Å². The number of benzene rings is 1. The molecule has 0 radical (unpaired) electrons. The number of nitrogens with one attached hydrogen (secondary N) is 1. The molecule has 1 heterocycles. The summed E-state index contributed by atoms with van der Waals surface area (Å²) in [4.78, 5) is 34.3. The zero-order chi connectivity index (χ0) is 15.6. The third-order valence-electron chi connectivity index (χ3n) is 3.49. The molecule has 0 saturated carbocycles. The van der Waals surface area contributed by atoms with Crippen LogP contribution < -0.4 is 10.2 Å². The van der Waals surface area contributed by atoms with Crippen LogP contribution in [0.25, 0.3) is 0 Å². The number of anilines is 2. The van der Waals surface area contributed by atoms with E-state index in [1.54, 1.807) is 11.9 Å². The van der Waals surface area contributed by atoms with Crippen molar-refractivity contribution in [1.29, 1.82) is 0 Å². The van der Waals surface area contributed by atoms with Crippen molar-refractivity contribution in [3.8, 4) is 0 Å². The number of nitro groups is 1. The third-order valence-corrected chi connectivity index (χ3v) is 3.49. The highest BCUT2D eigenvalue weighted by Crippen LogP contribution is 2.39. The maximum Gasteiger partial charge on any atom is 0.305 e. The Morgan fingerprint density at radius 1 is 1.57 bits per heavy atom. The molecule has 1 N–H and O–H groups in total. The first-order chi connectivity index (χ1) is 9.97. The quantitative estimate of drug-likeness (QED) is 0.380. The molecule has 0 amide bonds. The van der Waals surface area contributed by atoms with Crippen molar-refractivity contribution >= 4 is 29.3 Å². The molecule has 0 aliphatic carbocycles. The van der Waals surface area contributed by atoms with E-state index in [0.717, 1.165) is 0 Å². The fourth-order valence-electron chi connectivity index (χ4n) is 2.32. The number of hydrogen-bond acceptors (Lipinski definition) is 7. The summed E-state index contributed by atoms with van der Waals surface area (Å²) < 4.78 is 4.59. The number of esters is 1. The number of hydrogen-bond donors (Lipinski definition) is 1. The van der Waals surface area contributed by atoms with E-state index in [9.17, 15) is 19.7 Å². The lowest BCUT2D eigenvalue weighted by Gasteiger charge is -2.21. The van der Waals surface area contributed by atoms with Crippen LogP contribution in [0.5, 0.6) is 0 Å². The van der Waals surface area contributed by atoms with Crippen LogP contribution in [0.1, 0.15) is 23.2 Å². The summed E-state index contributed by atoms with van der Waals surface area (Å²) in [7, 11) is 3.09. The molecule has 1 aromatic carbocycles. The number of fused-ring (bicyclic) bond motifs is 1. The molecule has 112 valence electrons. The van der Waals surface area contributed by atoms with Gasteiger partial charge >= 0.3 is 5.97 Å². The highest BCUT2D eigenvalue weighted by molar-refractivity contribution is 5.90. The van der Waals surface area contributed by atoms with Gasteiger partial charge in [0.15, 0.2) is 6.29 Å². The van der Waals surface area contributed by atoms with Gasteiger partial charge in [0.2, 0.25) is 0 Å². The molecule has 1 unspecified atom stereocenters. The Hall–Kier alpha value is -2.64. The molecule has 8 heteroatoms. The lowest BCUT2D eigenvalue weighted by molar-refractivity contribution is -0.385. The monoisotopic (exact) mass is 293 g/mol. The zero-order valence-electron chi connectivity index (χ0n) is 11.7. The number of aldehydes is 1. The van der Waals surface area contributed by atoms with Gasteiger partial charge < -0.3 is 15.0 Å². The Morgan fingerprint density at radius 2 is 2.29 bits per heavy atom. The SMILES string of the molecule is COC(=O)CCC1Nc2cc(C=O)c([N+](=O)[O-])cc2N1C. The average Bonchev–Trinajstić information content (AvgIpc) is 2.79. The average molecular weight is 293 g/mol. The molecule has 1 atom stereocenters. The summed E-state index contributed by atoms with van der Waals surface area (Å²) in [5.41, 5.74) is 1.06. The second-order valence-corrected chi connectivity index (χ2v) is 4.69. The summed E-state index contributed by atoms with van der Waals surface area (Å²) in [6.45, 7) is 0. The molecule has 0 bridgehead atoms. The van der Waals surface area contributed by atoms with E-state index in [1.807, 2.05) is 0 Å². The van der Waals surface area contributed by atoms with Crippen molar-refractivity contribution in [2.75, 3.05) is 24.4 Å². The zero-order valence-corrected chi connectivity index (χ0v) is 11.7. The predicted octanol–water partition coefficient (Wildman–Crippen LogP) is 1.55. The summed E-state index contributed by atoms with van der Waals surface area (Å²) in [5.74, 6) is -0.319. The fraction of sp³-hybridized carbons (Fsp3) is 0.385. The van der Waals surface area contributed by atoms with E-state index >= 15 is 0 Å². The summed E-state index contributed by atoms with van der Waals surface area (Å²) in [5, 5.41) is 14.1. The van der Waals surface area contributed by atoms with E-state index in [4.69, 9.17) is 0 Å². The Morgan fingerprint density at radius 3 is 2.86 bits per heavy atom. The molecular weight excluding hydrogens is 278 g/mol. The largest absolute Gasteiger partial charge is 0.469 e. The minimum Gasteiger partial charge on any atom is -0.469 e. The van der Waals surface area contributed by atoms with Crippen molar-refractivity contribution in [3.63, 3.8) is 0 Å². The first-order valence-electron chi connectivity index (χ1n) is 6.31. The van der Waals surface area contributed by atoms with Crippen LogP contribution in [0.3, 0.4) is 0 Å². The standard InChI is InChI=1S/C13H15N3O5/c1-15-11-6-10(16(19)20)8(7-17)5-9(11)14-12(15)3-4-13(18)21-2/h5-7,12,14H,3-4H2,1-2H3. The van der Waals surface area contributed by atoms with Gasteiger partial charge in [-0.25, -0.2) is 0 Å². The lowest BCUT2D eigenvalue weighted by Crippen LogP contribution is -2.32. The van der Waals surface area contributed by atoms with Crippen molar-refractivity contribution in [3.05, 3.63) is 27.8 Å². The van der Waals surface area contributed by atoms with E-state index in [2.05, 4.69) is 10.1 Å². The van der Waals surface area contributed by atoms with Gasteiger partial charge in [0.25, 0.3) is 5.69 Å². The number of carbonyl (C=O) groups excluding carboxylic acids is 2. The highest BCUT2D eigenvalue weighted by atomic mass is 16.6. The first kappa shape index (κ1) is 14.8. The molecule has 1 aromatic rings. The van der Waals surface area contributed by atoms with Gasteiger partial charge in [-0.15, -0.1) is 0 Å². The number of rotatable bonds is 5. The minimum atomic E-state index is -0.584. The maximum absolute atomic E-state index is 11.2. The lowest BCUT2D eigenvalue weighted by atomic mass is 10.1. The second-order valence-electron chi connectivity index (χ2n) is 4.69. The molecule has 8 nitrogen and oxygen atoms in total. The summed E-state index contributed by atoms with van der Waals surface area (Å²) in [6, 6.07) is 2.82. The minimum absolute atomic E-state index is 0.0215. The summed E-state index contributed by atoms with van der Waals surface area (Å²) >= 11 is 0. The van der Waals surface area contributed by atoms with Crippen LogP contribution in [0.2, 0.25) is 0 Å². The Labute approximate surface area is 120 Å². The maximum atomic E-state index is 11.2. The van der Waals surface area contributed by atoms with Crippen molar-refractivity contribution < 1.29 is 19.2 Å². The van der Waals surface area contributed by atoms with Crippen molar-refractivity contribution in [2.24, 2.45) is 0 Å². The molecule has 0 fully saturated rings. The number of nitrogens with zero attached hydrogens (tertiary/aromatic N) is 2. The van der Waals surface area contributed by atoms with Gasteiger partial charge in [-0.1, -0.05) is 0 Å². The third kappa shape index (κ3) is 2.78. The van der Waals surface area contributed by atoms with Gasteiger partial charge in [-0.05, 0) is 12.5 Å². The molecule has 0 spiro atoms. The normalized spacial score (nSPS) is 16.1. The topological polar surface area (TPSA) is 102 Å². The second kappa shape index (κ2) is 5.78. The first-order valence-corrected chi connectivity index (χ1v) is 6.31. The van der Waals surface area contributed by atoms with Gasteiger partial charge in [0.05, 0.1) is 35.1 Å². The van der Waals surface area contributed by atoms with Crippen LogP contribution >= 0.6 is 0 Å². The molecular formula is C13H15N3O5. The van der Waals surface area contributed by atoms with Crippen molar-refractivity contribution in [1.82, 2.24) is 0 Å². The van der Waals surface area contributed by atoms with E-state index in [-0.39, 0.29) is 29.8 Å². The molecule has 1 aliphatic heterocycles. The van der Waals surface area contributed by atoms with Gasteiger partial charge in [0, 0.05) is 19.5 Å². The van der Waals surface area contributed by atoms with E-state index in [1.165, 1.54) is 19.2 Å². The van der Waals surface area contributed by atoms with E-state index in [0.29, 0.717) is 24.1 Å². The predicted molar refractivity (Wildman–Crippen MR) is 75.5 cm³/mol. The molecule has 2 rings (SSSR count). The van der Waals surface area contributed by atoms with Crippen LogP contribution in [0.4, 0.5) is 17.1 Å². The van der Waals surface area contributed by atoms with E-state index < -0.39 is 4.92 Å². The number of methoxy groups -OCH3 is 1. The Balaban J connectivity index is 2.24. The van der Waals surface area contributed by atoms with Crippen LogP contribution in [0.15, 0.2) is 12.1 Å². The summed E-state index contributed by atoms with van der Waals surface area (Å²) in [6.07, 6.45) is 1.000. The molecule has 21 heavy (non-hydrogen) atoms. The molecule has 0 aromatic heterocycles. The number of carbonyl (C=O) groups is 2. The fourth-order valence-corrected chi connectivity index (χ4v) is 2.32. The van der Waals surface area contributed by atoms with Gasteiger partial charge in [-0.2, -0.15) is 0 Å². The number of nitro benzene ring substituents is 1. The van der Waals surface area contributed by atoms with Crippen LogP contribution in [0, 0.1) is 10.1 Å². The highest BCUT2D eigenvalue weighted by Gasteiger charge is 2.29. The van der Waals surface area contributed by atoms with Gasteiger partial charge in [-0.3, -0.25) is 19.7 Å². The number of ether oxygens (including phenoxy) is 1. The Bertz CT molecular complexity index is 602. The van der Waals surface area contributed by atoms with Gasteiger partial charge in [0.1, 0.15) is 0 Å². The molecule has 0 saturated heterocycles. The van der Waals surface area contributed by atoms with Crippen LogP contribution in [-0.2, 0) is 9.53 Å². The van der Waals surface area contributed by atoms with Crippen LogP contribution in [-0.4, -0.2) is 37.5 Å². The smallest absolute Gasteiger partial charge is 0.305 e. The Kier molecular flexibility index (Phi) is 4.06.